The maximum Gasteiger partial charge on any atom is 0.226 e. The number of likely N-dealkylation sites (tertiary alicyclic amines) is 1. The average Bonchev–Trinajstić information content (AvgIpc) is 2.65. The molecular weight excluding hydrogens is 350 g/mol. The Bertz CT molecular complexity index is 533. The molecule has 0 radical (unpaired) electrons. The highest BCUT2D eigenvalue weighted by Gasteiger charge is 2.54. The van der Waals surface area contributed by atoms with E-state index >= 15 is 0 Å². The summed E-state index contributed by atoms with van der Waals surface area (Å²) in [5.41, 5.74) is -0.100. The van der Waals surface area contributed by atoms with Gasteiger partial charge in [-0.1, -0.05) is 6.92 Å². The van der Waals surface area contributed by atoms with Gasteiger partial charge in [0.05, 0.1) is 0 Å². The van der Waals surface area contributed by atoms with Crippen LogP contribution in [0, 0.1) is 29.1 Å². The van der Waals surface area contributed by atoms with Gasteiger partial charge in [-0.2, -0.15) is 0 Å². The first-order chi connectivity index (χ1) is 13.5. The van der Waals surface area contributed by atoms with Crippen molar-refractivity contribution < 1.29 is 9.59 Å². The number of hydrogen-bond donors (Lipinski definition) is 2. The molecule has 4 bridgehead atoms. The number of nitrogens with one attached hydrogen (secondary N) is 2. The van der Waals surface area contributed by atoms with Gasteiger partial charge in [0.2, 0.25) is 11.8 Å². The van der Waals surface area contributed by atoms with E-state index < -0.39 is 0 Å². The molecule has 1 heterocycles. The second-order valence-corrected chi connectivity index (χ2v) is 10.4. The zero-order chi connectivity index (χ0) is 19.6. The van der Waals surface area contributed by atoms with E-state index in [0.29, 0.717) is 13.0 Å². The molecule has 5 nitrogen and oxygen atoms in total. The lowest BCUT2D eigenvalue weighted by Gasteiger charge is -2.55. The van der Waals surface area contributed by atoms with Crippen molar-refractivity contribution in [2.75, 3.05) is 32.7 Å². The van der Waals surface area contributed by atoms with Crippen LogP contribution in [0.2, 0.25) is 0 Å². The van der Waals surface area contributed by atoms with Crippen molar-refractivity contribution in [1.29, 1.82) is 0 Å². The van der Waals surface area contributed by atoms with Gasteiger partial charge in [-0.25, -0.2) is 0 Å². The summed E-state index contributed by atoms with van der Waals surface area (Å²) in [5, 5.41) is 6.13. The minimum absolute atomic E-state index is 0.0677. The zero-order valence-electron chi connectivity index (χ0n) is 17.7. The van der Waals surface area contributed by atoms with Crippen molar-refractivity contribution in [3.8, 4) is 0 Å². The van der Waals surface area contributed by atoms with E-state index in [9.17, 15) is 9.59 Å². The standard InChI is InChI=1S/C23H39N3O2/c1-17-4-9-26(10-5-17)8-2-6-24-21(27)3-7-25-22(28)23-14-18-11-19(15-23)13-20(12-18)16-23/h17-20H,2-16H2,1H3,(H,24,27)(H,25,28). The van der Waals surface area contributed by atoms with Crippen LogP contribution in [0.3, 0.4) is 0 Å². The van der Waals surface area contributed by atoms with Crippen molar-refractivity contribution in [3.05, 3.63) is 0 Å². The highest BCUT2D eigenvalue weighted by molar-refractivity contribution is 5.84. The third-order valence-electron chi connectivity index (χ3n) is 8.01. The predicted molar refractivity (Wildman–Crippen MR) is 111 cm³/mol. The van der Waals surface area contributed by atoms with E-state index in [1.807, 2.05) is 0 Å². The van der Waals surface area contributed by atoms with E-state index in [1.165, 1.54) is 45.2 Å². The molecule has 5 heteroatoms. The molecule has 2 amide bonds. The summed E-state index contributed by atoms with van der Waals surface area (Å²) in [6.07, 6.45) is 11.3. The lowest BCUT2D eigenvalue weighted by Crippen LogP contribution is -2.53. The lowest BCUT2D eigenvalue weighted by atomic mass is 9.49. The highest BCUT2D eigenvalue weighted by Crippen LogP contribution is 2.60. The molecule has 0 aromatic carbocycles. The Morgan fingerprint density at radius 3 is 2.14 bits per heavy atom. The first-order valence-electron chi connectivity index (χ1n) is 11.8. The summed E-state index contributed by atoms with van der Waals surface area (Å²) in [7, 11) is 0. The molecule has 1 saturated heterocycles. The van der Waals surface area contributed by atoms with Gasteiger partial charge in [-0.3, -0.25) is 9.59 Å². The molecule has 158 valence electrons. The Morgan fingerprint density at radius 2 is 1.54 bits per heavy atom. The Morgan fingerprint density at radius 1 is 0.929 bits per heavy atom. The summed E-state index contributed by atoms with van der Waals surface area (Å²) in [6.45, 7) is 7.04. The van der Waals surface area contributed by atoms with E-state index in [2.05, 4.69) is 22.5 Å². The van der Waals surface area contributed by atoms with Gasteiger partial charge < -0.3 is 15.5 Å². The Balaban J connectivity index is 1.09. The molecule has 5 aliphatic rings. The van der Waals surface area contributed by atoms with Crippen molar-refractivity contribution in [2.24, 2.45) is 29.1 Å². The fourth-order valence-electron chi connectivity index (χ4n) is 6.77. The minimum Gasteiger partial charge on any atom is -0.356 e. The number of piperidine rings is 1. The number of carbonyl (C=O) groups excluding carboxylic acids is 2. The second-order valence-electron chi connectivity index (χ2n) is 10.4. The smallest absolute Gasteiger partial charge is 0.226 e. The molecule has 4 aliphatic carbocycles. The third-order valence-corrected chi connectivity index (χ3v) is 8.01. The maximum atomic E-state index is 12.9. The molecule has 0 unspecified atom stereocenters. The van der Waals surface area contributed by atoms with Crippen LogP contribution >= 0.6 is 0 Å². The molecule has 2 N–H and O–H groups in total. The molecule has 0 aromatic rings. The van der Waals surface area contributed by atoms with Crippen LogP contribution in [0.15, 0.2) is 0 Å². The Labute approximate surface area is 170 Å². The van der Waals surface area contributed by atoms with Crippen LogP contribution < -0.4 is 10.6 Å². The summed E-state index contributed by atoms with van der Waals surface area (Å²) >= 11 is 0. The van der Waals surface area contributed by atoms with E-state index in [0.717, 1.165) is 62.4 Å². The van der Waals surface area contributed by atoms with Gasteiger partial charge in [-0.15, -0.1) is 0 Å². The molecule has 28 heavy (non-hydrogen) atoms. The molecule has 4 saturated carbocycles. The number of amides is 2. The van der Waals surface area contributed by atoms with E-state index in [4.69, 9.17) is 0 Å². The number of hydrogen-bond acceptors (Lipinski definition) is 3. The molecule has 1 aliphatic heterocycles. The topological polar surface area (TPSA) is 61.4 Å². The van der Waals surface area contributed by atoms with Crippen LogP contribution in [-0.2, 0) is 9.59 Å². The van der Waals surface area contributed by atoms with Crippen LogP contribution in [-0.4, -0.2) is 49.4 Å². The minimum atomic E-state index is -0.100. The van der Waals surface area contributed by atoms with Gasteiger partial charge in [0, 0.05) is 24.9 Å². The number of nitrogens with zero attached hydrogens (tertiary/aromatic N) is 1. The number of rotatable bonds is 8. The van der Waals surface area contributed by atoms with Crippen molar-refractivity contribution in [1.82, 2.24) is 15.5 Å². The summed E-state index contributed by atoms with van der Waals surface area (Å²) in [4.78, 5) is 27.5. The lowest BCUT2D eigenvalue weighted by molar-refractivity contribution is -0.146. The summed E-state index contributed by atoms with van der Waals surface area (Å²) < 4.78 is 0. The average molecular weight is 390 g/mol. The van der Waals surface area contributed by atoms with E-state index in [-0.39, 0.29) is 17.2 Å². The van der Waals surface area contributed by atoms with Crippen molar-refractivity contribution >= 4 is 11.8 Å². The van der Waals surface area contributed by atoms with E-state index in [1.54, 1.807) is 0 Å². The predicted octanol–water partition coefficient (Wildman–Crippen LogP) is 2.95. The fraction of sp³-hybridized carbons (Fsp3) is 0.913. The van der Waals surface area contributed by atoms with Crippen molar-refractivity contribution in [3.63, 3.8) is 0 Å². The molecule has 5 rings (SSSR count). The SMILES string of the molecule is CC1CCN(CCCNC(=O)CCNC(=O)C23CC4CC(CC(C4)C2)C3)CC1. The molecule has 0 spiro atoms. The normalized spacial score (nSPS) is 35.1. The summed E-state index contributed by atoms with van der Waals surface area (Å²) in [5.74, 6) is 3.51. The Hall–Kier alpha value is -1.10. The molecule has 5 fully saturated rings. The van der Waals surface area contributed by atoms with Gasteiger partial charge in [-0.05, 0) is 101 Å². The first kappa shape index (κ1) is 20.2. The van der Waals surface area contributed by atoms with Crippen LogP contribution in [0.4, 0.5) is 0 Å². The van der Waals surface area contributed by atoms with Crippen LogP contribution in [0.5, 0.6) is 0 Å². The highest BCUT2D eigenvalue weighted by atomic mass is 16.2. The summed E-state index contributed by atoms with van der Waals surface area (Å²) in [6, 6.07) is 0. The first-order valence-corrected chi connectivity index (χ1v) is 11.8. The molecule has 0 atom stereocenters. The van der Waals surface area contributed by atoms with Gasteiger partial charge in [0.15, 0.2) is 0 Å². The quantitative estimate of drug-likeness (QED) is 0.628. The fourth-order valence-corrected chi connectivity index (χ4v) is 6.77. The molecular formula is C23H39N3O2. The monoisotopic (exact) mass is 389 g/mol. The maximum absolute atomic E-state index is 12.9. The molecule has 0 aromatic heterocycles. The van der Waals surface area contributed by atoms with Crippen LogP contribution in [0.25, 0.3) is 0 Å². The zero-order valence-corrected chi connectivity index (χ0v) is 17.7. The van der Waals surface area contributed by atoms with Gasteiger partial charge in [0.1, 0.15) is 0 Å². The second kappa shape index (κ2) is 8.73. The van der Waals surface area contributed by atoms with Gasteiger partial charge in [0.25, 0.3) is 0 Å². The van der Waals surface area contributed by atoms with Crippen molar-refractivity contribution in [2.45, 2.75) is 71.1 Å². The van der Waals surface area contributed by atoms with Gasteiger partial charge >= 0.3 is 0 Å². The Kier molecular flexibility index (Phi) is 6.29. The third kappa shape index (κ3) is 4.72. The largest absolute Gasteiger partial charge is 0.356 e. The number of carbonyl (C=O) groups is 2. The van der Waals surface area contributed by atoms with Crippen LogP contribution in [0.1, 0.15) is 71.1 Å².